The van der Waals surface area contributed by atoms with E-state index < -0.39 is 0 Å². The quantitative estimate of drug-likeness (QED) is 0.289. The van der Waals surface area contributed by atoms with E-state index >= 15 is 0 Å². The van der Waals surface area contributed by atoms with E-state index in [1.165, 1.54) is 23.5 Å². The zero-order valence-electron chi connectivity index (χ0n) is 8.20. The summed E-state index contributed by atoms with van der Waals surface area (Å²) in [5.41, 5.74) is 10.5. The number of thioether (sulfide) groups is 2. The molecule has 13 heteroatoms. The van der Waals surface area contributed by atoms with E-state index in [2.05, 4.69) is 24.4 Å². The molecule has 0 rings (SSSR count). The third-order valence-corrected chi connectivity index (χ3v) is 2.92. The van der Waals surface area contributed by atoms with Crippen LogP contribution in [0.1, 0.15) is 0 Å². The Bertz CT molecular complexity index is 140. The molecule has 0 saturated carbocycles. The van der Waals surface area contributed by atoms with Crippen LogP contribution in [0, 0.1) is 0 Å². The Hall–Kier alpha value is 1.24. The molecule has 0 aliphatic heterocycles. The number of hydrogen-bond donors (Lipinski definition) is 2. The van der Waals surface area contributed by atoms with E-state index in [9.17, 15) is 0 Å². The Balaban J connectivity index is -0.0000000193. The van der Waals surface area contributed by atoms with Gasteiger partial charge in [-0.3, -0.25) is 0 Å². The Morgan fingerprint density at radius 2 is 0.882 bits per heavy atom. The monoisotopic (exact) mass is 344 g/mol. The van der Waals surface area contributed by atoms with Crippen LogP contribution >= 0.6 is 48.0 Å². The normalized spacial score (nSPS) is 5.41. The fraction of sp³-hybridized carbons (Fsp3) is 0.500. The van der Waals surface area contributed by atoms with Crippen molar-refractivity contribution in [1.29, 1.82) is 0 Å². The van der Waals surface area contributed by atoms with Gasteiger partial charge in [0.1, 0.15) is 8.64 Å². The molecule has 108 valence electrons. The first-order chi connectivity index (χ1) is 4.63. The van der Waals surface area contributed by atoms with E-state index in [0.29, 0.717) is 8.64 Å². The molecule has 8 nitrogen and oxygen atoms in total. The van der Waals surface area contributed by atoms with Crippen molar-refractivity contribution in [3.63, 3.8) is 0 Å². The standard InChI is InChI=1S/C4H8N2S4.Na.6H2O.H/c5-3(7)9-1-2-10-4(6)8;;;;;;;;/h1-2H2,(H2,5,7)(H2,6,8);;6*1H2;. The van der Waals surface area contributed by atoms with Gasteiger partial charge in [-0.2, -0.15) is 0 Å². The third kappa shape index (κ3) is 59.0. The average Bonchev–Trinajstić information content (AvgIpc) is 1.79. The van der Waals surface area contributed by atoms with Crippen molar-refractivity contribution in [3.05, 3.63) is 0 Å². The Morgan fingerprint density at radius 3 is 1.00 bits per heavy atom. The Labute approximate surface area is 141 Å². The molecule has 0 heterocycles. The first kappa shape index (κ1) is 51.7. The van der Waals surface area contributed by atoms with Crippen molar-refractivity contribution in [2.75, 3.05) is 11.5 Å². The minimum atomic E-state index is 0. The van der Waals surface area contributed by atoms with Gasteiger partial charge in [0.25, 0.3) is 0 Å². The third-order valence-electron chi connectivity index (χ3n) is 0.572. The molecule has 0 saturated heterocycles. The van der Waals surface area contributed by atoms with E-state index in [4.69, 9.17) is 11.5 Å². The van der Waals surface area contributed by atoms with Gasteiger partial charge in [0.2, 0.25) is 0 Å². The molecule has 0 aliphatic rings. The SMILES string of the molecule is NC(=S)SCCSC(N)=S.O.O.O.O.O.O.[NaH]. The van der Waals surface area contributed by atoms with Gasteiger partial charge in [-0.25, -0.2) is 0 Å². The van der Waals surface area contributed by atoms with Crippen molar-refractivity contribution in [2.45, 2.75) is 0 Å². The van der Waals surface area contributed by atoms with E-state index in [-0.39, 0.29) is 62.4 Å². The summed E-state index contributed by atoms with van der Waals surface area (Å²) < 4.78 is 0.951. The molecule has 17 heavy (non-hydrogen) atoms. The van der Waals surface area contributed by atoms with Gasteiger partial charge in [-0.15, -0.1) is 0 Å². The second-order valence-corrected chi connectivity index (χ2v) is 5.00. The molecular formula is C4H21N2NaO6S4. The summed E-state index contributed by atoms with van der Waals surface area (Å²) in [6, 6.07) is 0. The van der Waals surface area contributed by atoms with Gasteiger partial charge < -0.3 is 44.3 Å². The van der Waals surface area contributed by atoms with Crippen molar-refractivity contribution in [3.8, 4) is 0 Å². The number of nitrogens with two attached hydrogens (primary N) is 2. The van der Waals surface area contributed by atoms with Crippen LogP contribution in [0.4, 0.5) is 0 Å². The van der Waals surface area contributed by atoms with E-state index in [1.807, 2.05) is 0 Å². The summed E-state index contributed by atoms with van der Waals surface area (Å²) in [5, 5.41) is 0. The number of thiocarbonyl (C=S) groups is 2. The van der Waals surface area contributed by atoms with Gasteiger partial charge in [0, 0.05) is 11.5 Å². The number of hydrogen-bond acceptors (Lipinski definition) is 4. The summed E-state index contributed by atoms with van der Waals surface area (Å²) in [7, 11) is 0. The van der Waals surface area contributed by atoms with Crippen LogP contribution in [-0.4, -0.2) is 82.6 Å². The predicted octanol–water partition coefficient (Wildman–Crippen LogP) is -4.66. The van der Waals surface area contributed by atoms with Crippen LogP contribution in [0.5, 0.6) is 0 Å². The molecule has 0 radical (unpaired) electrons. The minimum absolute atomic E-state index is 0. The molecule has 0 aliphatic carbocycles. The molecular weight excluding hydrogens is 323 g/mol. The molecule has 0 aromatic carbocycles. The van der Waals surface area contributed by atoms with Crippen LogP contribution in [0.25, 0.3) is 0 Å². The predicted molar refractivity (Wildman–Crippen MR) is 87.3 cm³/mol. The van der Waals surface area contributed by atoms with Gasteiger partial charge in [0.15, 0.2) is 0 Å². The zero-order chi connectivity index (χ0) is 7.98. The maximum absolute atomic E-state index is 5.23. The van der Waals surface area contributed by atoms with Crippen molar-refractivity contribution in [1.82, 2.24) is 0 Å². The second kappa shape index (κ2) is 36.0. The molecule has 0 aromatic rings. The van der Waals surface area contributed by atoms with Crippen molar-refractivity contribution < 1.29 is 32.9 Å². The molecule has 0 unspecified atom stereocenters. The molecule has 16 N–H and O–H groups in total. The van der Waals surface area contributed by atoms with Crippen molar-refractivity contribution in [2.24, 2.45) is 11.5 Å². The van der Waals surface area contributed by atoms with E-state index in [0.717, 1.165) is 11.5 Å². The fourth-order valence-corrected chi connectivity index (χ4v) is 1.85. The molecule has 0 spiro atoms. The summed E-state index contributed by atoms with van der Waals surface area (Å²) in [6.07, 6.45) is 0. The molecule has 0 bridgehead atoms. The second-order valence-electron chi connectivity index (χ2n) is 1.33. The zero-order valence-corrected chi connectivity index (χ0v) is 11.5. The first-order valence-electron chi connectivity index (χ1n) is 2.47. The van der Waals surface area contributed by atoms with Crippen LogP contribution in [0.3, 0.4) is 0 Å². The van der Waals surface area contributed by atoms with Crippen molar-refractivity contribution >= 4 is 86.2 Å². The summed E-state index contributed by atoms with van der Waals surface area (Å²) in [6.45, 7) is 0. The Morgan fingerprint density at radius 1 is 0.706 bits per heavy atom. The van der Waals surface area contributed by atoms with Crippen LogP contribution < -0.4 is 11.5 Å². The van der Waals surface area contributed by atoms with Gasteiger partial charge in [-0.1, -0.05) is 48.0 Å². The molecule has 0 amide bonds. The fourth-order valence-electron chi connectivity index (χ4n) is 0.285. The molecule has 0 aromatic heterocycles. The first-order valence-corrected chi connectivity index (χ1v) is 5.26. The van der Waals surface area contributed by atoms with Gasteiger partial charge >= 0.3 is 29.6 Å². The molecule has 0 fully saturated rings. The van der Waals surface area contributed by atoms with Gasteiger partial charge in [-0.05, 0) is 0 Å². The van der Waals surface area contributed by atoms with Gasteiger partial charge in [0.05, 0.1) is 0 Å². The average molecular weight is 344 g/mol. The van der Waals surface area contributed by atoms with Crippen LogP contribution in [-0.2, 0) is 0 Å². The van der Waals surface area contributed by atoms with Crippen LogP contribution in [0.15, 0.2) is 0 Å². The summed E-state index contributed by atoms with van der Waals surface area (Å²) in [4.78, 5) is 0. The van der Waals surface area contributed by atoms with E-state index in [1.54, 1.807) is 0 Å². The van der Waals surface area contributed by atoms with Crippen LogP contribution in [0.2, 0.25) is 0 Å². The summed E-state index contributed by atoms with van der Waals surface area (Å²) >= 11 is 12.2. The maximum atomic E-state index is 5.23. The molecule has 0 atom stereocenters. The Kier molecular flexibility index (Phi) is 109. The summed E-state index contributed by atoms with van der Waals surface area (Å²) in [5.74, 6) is 1.74. The number of rotatable bonds is 3. The topological polar surface area (TPSA) is 241 Å².